The fourth-order valence-electron chi connectivity index (χ4n) is 3.12. The molecule has 6 nitrogen and oxygen atoms in total. The first kappa shape index (κ1) is 19.4. The molecule has 1 aliphatic rings. The van der Waals surface area contributed by atoms with E-state index in [1.807, 2.05) is 43.3 Å². The number of hydrogen-bond acceptors (Lipinski definition) is 4. The van der Waals surface area contributed by atoms with E-state index in [0.29, 0.717) is 18.1 Å². The third-order valence-corrected chi connectivity index (χ3v) is 5.07. The van der Waals surface area contributed by atoms with Crippen LogP contribution in [0.1, 0.15) is 36.6 Å². The Bertz CT molecular complexity index is 828. The Balaban J connectivity index is 1.67. The summed E-state index contributed by atoms with van der Waals surface area (Å²) in [6.45, 7) is 2.50. The van der Waals surface area contributed by atoms with Gasteiger partial charge in [-0.2, -0.15) is 0 Å². The van der Waals surface area contributed by atoms with Crippen LogP contribution >= 0.6 is 15.9 Å². The number of benzene rings is 2. The lowest BCUT2D eigenvalue weighted by Gasteiger charge is -2.27. The smallest absolute Gasteiger partial charge is 0.315 e. The highest BCUT2D eigenvalue weighted by atomic mass is 79.9. The van der Waals surface area contributed by atoms with E-state index in [9.17, 15) is 4.79 Å². The lowest BCUT2D eigenvalue weighted by molar-refractivity contribution is 0.221. The van der Waals surface area contributed by atoms with Crippen molar-refractivity contribution in [2.45, 2.75) is 25.4 Å². The van der Waals surface area contributed by atoms with Gasteiger partial charge in [-0.15, -0.1) is 0 Å². The van der Waals surface area contributed by atoms with E-state index in [-0.39, 0.29) is 18.1 Å². The summed E-state index contributed by atoms with van der Waals surface area (Å²) in [4.78, 5) is 12.5. The fourth-order valence-corrected chi connectivity index (χ4v) is 3.50. The number of urea groups is 1. The predicted octanol–water partition coefficient (Wildman–Crippen LogP) is 4.35. The maximum absolute atomic E-state index is 12.5. The minimum absolute atomic E-state index is 0.0937. The van der Waals surface area contributed by atoms with Gasteiger partial charge in [0.05, 0.1) is 32.9 Å². The van der Waals surface area contributed by atoms with Crippen molar-refractivity contribution in [3.05, 3.63) is 52.0 Å². The normalized spacial score (nSPS) is 16.5. The summed E-state index contributed by atoms with van der Waals surface area (Å²) in [5.74, 6) is 2.09. The highest BCUT2D eigenvalue weighted by Crippen LogP contribution is 2.34. The van der Waals surface area contributed by atoms with Crippen molar-refractivity contribution in [3.63, 3.8) is 0 Å². The van der Waals surface area contributed by atoms with Crippen LogP contribution in [-0.2, 0) is 0 Å². The molecule has 2 N–H and O–H groups in total. The lowest BCUT2D eigenvalue weighted by atomic mass is 10.0. The third-order valence-electron chi connectivity index (χ3n) is 4.57. The Labute approximate surface area is 167 Å². The van der Waals surface area contributed by atoms with Crippen LogP contribution in [0.15, 0.2) is 40.9 Å². The summed E-state index contributed by atoms with van der Waals surface area (Å²) in [5.41, 5.74) is 1.91. The Kier molecular flexibility index (Phi) is 6.11. The van der Waals surface area contributed by atoms with Crippen molar-refractivity contribution in [1.29, 1.82) is 0 Å². The second-order valence-corrected chi connectivity index (χ2v) is 7.24. The van der Waals surface area contributed by atoms with Crippen molar-refractivity contribution >= 4 is 22.0 Å². The number of carbonyl (C=O) groups excluding carboxylic acids is 1. The van der Waals surface area contributed by atoms with Gasteiger partial charge in [-0.05, 0) is 42.8 Å². The minimum atomic E-state index is -0.227. The fraction of sp³-hybridized carbons (Fsp3) is 0.350. The lowest BCUT2D eigenvalue weighted by Crippen LogP contribution is -2.40. The molecule has 27 heavy (non-hydrogen) atoms. The van der Waals surface area contributed by atoms with E-state index < -0.39 is 0 Å². The summed E-state index contributed by atoms with van der Waals surface area (Å²) in [7, 11) is 3.18. The maximum atomic E-state index is 12.5. The first-order valence-electron chi connectivity index (χ1n) is 8.73. The highest BCUT2D eigenvalue weighted by molar-refractivity contribution is 9.10. The van der Waals surface area contributed by atoms with E-state index in [2.05, 4.69) is 26.6 Å². The Hall–Kier alpha value is -2.41. The van der Waals surface area contributed by atoms with Crippen LogP contribution in [0.3, 0.4) is 0 Å². The van der Waals surface area contributed by atoms with Crippen molar-refractivity contribution in [2.24, 2.45) is 0 Å². The molecule has 2 atom stereocenters. The van der Waals surface area contributed by atoms with E-state index in [0.717, 1.165) is 27.8 Å². The molecule has 2 amide bonds. The van der Waals surface area contributed by atoms with Crippen molar-refractivity contribution in [3.8, 4) is 17.2 Å². The zero-order chi connectivity index (χ0) is 19.4. The molecule has 0 spiro atoms. The molecule has 2 unspecified atom stereocenters. The summed E-state index contributed by atoms with van der Waals surface area (Å²) in [5, 5.41) is 6.03. The van der Waals surface area contributed by atoms with E-state index in [4.69, 9.17) is 14.2 Å². The zero-order valence-electron chi connectivity index (χ0n) is 15.5. The molecule has 1 aliphatic heterocycles. The molecule has 0 bridgehead atoms. The van der Waals surface area contributed by atoms with Crippen LogP contribution in [0.2, 0.25) is 0 Å². The first-order valence-corrected chi connectivity index (χ1v) is 9.52. The van der Waals surface area contributed by atoms with Crippen molar-refractivity contribution < 1.29 is 19.0 Å². The first-order chi connectivity index (χ1) is 13.0. The Morgan fingerprint density at radius 2 is 1.96 bits per heavy atom. The zero-order valence-corrected chi connectivity index (χ0v) is 17.1. The second-order valence-electron chi connectivity index (χ2n) is 6.33. The van der Waals surface area contributed by atoms with Gasteiger partial charge in [0.2, 0.25) is 0 Å². The predicted molar refractivity (Wildman–Crippen MR) is 107 cm³/mol. The summed E-state index contributed by atoms with van der Waals surface area (Å²) in [6, 6.07) is 10.9. The number of amides is 2. The number of fused-ring (bicyclic) bond motifs is 1. The molecule has 0 saturated carbocycles. The molecule has 144 valence electrons. The molecule has 2 aromatic carbocycles. The Morgan fingerprint density at radius 1 is 1.19 bits per heavy atom. The molecular formula is C20H23BrN2O4. The molecule has 7 heteroatoms. The van der Waals surface area contributed by atoms with Gasteiger partial charge in [0.15, 0.2) is 11.5 Å². The molecule has 0 aliphatic carbocycles. The van der Waals surface area contributed by atoms with Crippen LogP contribution in [-0.4, -0.2) is 26.9 Å². The van der Waals surface area contributed by atoms with Gasteiger partial charge in [-0.3, -0.25) is 0 Å². The standard InChI is InChI=1S/C20H23BrN2O4/c1-12(13-4-6-18(25-2)19(10-13)26-3)22-20(24)23-16-8-9-27-17-7-5-14(21)11-15(16)17/h4-7,10-12,16H,8-9H2,1-3H3,(H2,22,23,24). The summed E-state index contributed by atoms with van der Waals surface area (Å²) in [6.07, 6.45) is 0.724. The average molecular weight is 435 g/mol. The number of ether oxygens (including phenoxy) is 3. The summed E-state index contributed by atoms with van der Waals surface area (Å²) < 4.78 is 17.2. The summed E-state index contributed by atoms with van der Waals surface area (Å²) >= 11 is 3.47. The molecule has 2 aromatic rings. The molecule has 1 heterocycles. The maximum Gasteiger partial charge on any atom is 0.315 e. The van der Waals surface area contributed by atoms with Gasteiger partial charge >= 0.3 is 6.03 Å². The van der Waals surface area contributed by atoms with Crippen LogP contribution in [0.25, 0.3) is 0 Å². The van der Waals surface area contributed by atoms with Crippen LogP contribution in [0.4, 0.5) is 4.79 Å². The second kappa shape index (κ2) is 8.52. The number of halogens is 1. The number of hydrogen-bond donors (Lipinski definition) is 2. The van der Waals surface area contributed by atoms with Gasteiger partial charge < -0.3 is 24.8 Å². The minimum Gasteiger partial charge on any atom is -0.493 e. The van der Waals surface area contributed by atoms with Crippen molar-refractivity contribution in [1.82, 2.24) is 10.6 Å². The molecular weight excluding hydrogens is 412 g/mol. The third kappa shape index (κ3) is 4.47. The topological polar surface area (TPSA) is 68.8 Å². The number of rotatable bonds is 5. The number of carbonyl (C=O) groups is 1. The van der Waals surface area contributed by atoms with Crippen LogP contribution < -0.4 is 24.8 Å². The Morgan fingerprint density at radius 3 is 2.70 bits per heavy atom. The molecule has 3 rings (SSSR count). The SMILES string of the molecule is COc1ccc(C(C)NC(=O)NC2CCOc3ccc(Br)cc32)cc1OC. The number of methoxy groups -OCH3 is 2. The molecule has 0 radical (unpaired) electrons. The molecule has 0 fully saturated rings. The van der Waals surface area contributed by atoms with Gasteiger partial charge in [0.1, 0.15) is 5.75 Å². The van der Waals surface area contributed by atoms with E-state index in [1.165, 1.54) is 0 Å². The van der Waals surface area contributed by atoms with Crippen molar-refractivity contribution in [2.75, 3.05) is 20.8 Å². The highest BCUT2D eigenvalue weighted by Gasteiger charge is 2.24. The van der Waals surface area contributed by atoms with E-state index >= 15 is 0 Å². The van der Waals surface area contributed by atoms with Gasteiger partial charge in [0.25, 0.3) is 0 Å². The quantitative estimate of drug-likeness (QED) is 0.733. The van der Waals surface area contributed by atoms with Gasteiger partial charge in [-0.1, -0.05) is 22.0 Å². The number of nitrogens with one attached hydrogen (secondary N) is 2. The molecule has 0 saturated heterocycles. The molecule has 0 aromatic heterocycles. The average Bonchev–Trinajstić information content (AvgIpc) is 2.67. The van der Waals surface area contributed by atoms with E-state index in [1.54, 1.807) is 14.2 Å². The van der Waals surface area contributed by atoms with Gasteiger partial charge in [-0.25, -0.2) is 4.79 Å². The largest absolute Gasteiger partial charge is 0.493 e. The van der Waals surface area contributed by atoms with Gasteiger partial charge in [0, 0.05) is 16.5 Å². The monoisotopic (exact) mass is 434 g/mol. The van der Waals surface area contributed by atoms with Crippen LogP contribution in [0, 0.1) is 0 Å². The van der Waals surface area contributed by atoms with Crippen LogP contribution in [0.5, 0.6) is 17.2 Å².